The van der Waals surface area contributed by atoms with Crippen molar-refractivity contribution in [2.45, 2.75) is 13.1 Å². The third-order valence-corrected chi connectivity index (χ3v) is 6.01. The molecule has 0 saturated carbocycles. The number of rotatable bonds is 7. The van der Waals surface area contributed by atoms with Crippen LogP contribution in [0.4, 0.5) is 26.4 Å². The lowest BCUT2D eigenvalue weighted by molar-refractivity contribution is 0.505. The van der Waals surface area contributed by atoms with Gasteiger partial charge < -0.3 is 15.1 Å². The molecule has 2 N–H and O–H groups in total. The Labute approximate surface area is 221 Å². The Hall–Kier alpha value is -4.30. The molecule has 0 atom stereocenters. The van der Waals surface area contributed by atoms with Gasteiger partial charge in [0.2, 0.25) is 5.95 Å². The van der Waals surface area contributed by atoms with E-state index in [4.69, 9.17) is 27.6 Å². The Balaban J connectivity index is 1.63. The fourth-order valence-electron chi connectivity index (χ4n) is 3.65. The molecular formula is C22H17Cl2F2N9O3. The number of anilines is 3. The highest BCUT2D eigenvalue weighted by Crippen LogP contribution is 2.31. The van der Waals surface area contributed by atoms with Gasteiger partial charge in [-0.25, -0.2) is 27.9 Å². The monoisotopic (exact) mass is 563 g/mol. The minimum Gasteiger partial charge on any atom is -0.423 e. The molecule has 0 spiro atoms. The second-order valence-electron chi connectivity index (χ2n) is 8.07. The predicted octanol–water partition coefficient (Wildman–Crippen LogP) is 3.14. The number of hydrogen-bond donors (Lipinski definition) is 2. The lowest BCUT2D eigenvalue weighted by atomic mass is 10.2. The zero-order valence-electron chi connectivity index (χ0n) is 19.7. The van der Waals surface area contributed by atoms with E-state index in [2.05, 4.69) is 30.7 Å². The molecule has 0 aliphatic carbocycles. The van der Waals surface area contributed by atoms with E-state index in [9.17, 15) is 18.4 Å². The largest absolute Gasteiger partial charge is 0.423 e. The molecule has 2 aromatic carbocycles. The summed E-state index contributed by atoms with van der Waals surface area (Å²) in [4.78, 5) is 38.7. The fraction of sp³-hybridized carbons (Fsp3) is 0.182. The molecule has 196 valence electrons. The predicted molar refractivity (Wildman–Crippen MR) is 135 cm³/mol. The summed E-state index contributed by atoms with van der Waals surface area (Å²) in [5, 5.41) is 9.43. The molecule has 3 aromatic heterocycles. The maximum Gasteiger partial charge on any atom is 0.355 e. The summed E-state index contributed by atoms with van der Waals surface area (Å²) in [6.07, 6.45) is 1.41. The molecular weight excluding hydrogens is 547 g/mol. The lowest BCUT2D eigenvalue weighted by Gasteiger charge is -2.16. The summed E-state index contributed by atoms with van der Waals surface area (Å²) >= 11 is 12.2. The van der Waals surface area contributed by atoms with E-state index in [-0.39, 0.29) is 47.2 Å². The molecule has 12 nitrogen and oxygen atoms in total. The van der Waals surface area contributed by atoms with Gasteiger partial charge in [-0.05, 0) is 23.8 Å². The van der Waals surface area contributed by atoms with Gasteiger partial charge in [0.25, 0.3) is 6.01 Å². The number of aryl methyl sites for hydroxylation is 1. The van der Waals surface area contributed by atoms with Crippen LogP contribution in [0.3, 0.4) is 0 Å². The first kappa shape index (κ1) is 25.4. The summed E-state index contributed by atoms with van der Waals surface area (Å²) in [5.74, 6) is -2.46. The quantitative estimate of drug-likeness (QED) is 0.286. The van der Waals surface area contributed by atoms with E-state index in [1.807, 2.05) is 0 Å². The van der Waals surface area contributed by atoms with Crippen LogP contribution in [-0.4, -0.2) is 40.9 Å². The van der Waals surface area contributed by atoms with Gasteiger partial charge in [-0.15, -0.1) is 0 Å². The van der Waals surface area contributed by atoms with Crippen LogP contribution in [-0.2, 0) is 20.1 Å². The summed E-state index contributed by atoms with van der Waals surface area (Å²) in [7, 11) is 3.26. The number of oxazole rings is 1. The van der Waals surface area contributed by atoms with Crippen LogP contribution in [0, 0.1) is 11.6 Å². The van der Waals surface area contributed by atoms with E-state index in [0.717, 1.165) is 15.2 Å². The number of fused-ring (bicyclic) bond motifs is 1. The summed E-state index contributed by atoms with van der Waals surface area (Å²) in [6.45, 7) is -0.602. The van der Waals surface area contributed by atoms with Crippen molar-refractivity contribution in [1.82, 2.24) is 33.9 Å². The third kappa shape index (κ3) is 4.82. The van der Waals surface area contributed by atoms with E-state index < -0.39 is 28.0 Å². The molecule has 0 aliphatic rings. The molecule has 38 heavy (non-hydrogen) atoms. The Morgan fingerprint density at radius 1 is 1.03 bits per heavy atom. The Kier molecular flexibility index (Phi) is 6.59. The standard InChI is InChI=1S/C22H17Cl2F2N9O3/c1-27-20-30-15-5-11(23)14(6-16(15)38-20)29-19-31-21(36)35(8-17-28-9-33(2)32-17)22(37)34(19)7-10-3-12(24)18(26)13(25)4-10/h3-6,9H,7-8H2,1-2H3,(H,27,30)(H,29,31,36). The van der Waals surface area contributed by atoms with Crippen molar-refractivity contribution in [3.63, 3.8) is 0 Å². The van der Waals surface area contributed by atoms with Gasteiger partial charge >= 0.3 is 11.4 Å². The highest BCUT2D eigenvalue weighted by Gasteiger charge is 2.19. The number of hydrogen-bond acceptors (Lipinski definition) is 9. The number of nitrogens with zero attached hydrogens (tertiary/aromatic N) is 7. The highest BCUT2D eigenvalue weighted by molar-refractivity contribution is 6.34. The summed E-state index contributed by atoms with van der Waals surface area (Å²) in [5.41, 5.74) is -0.529. The fourth-order valence-corrected chi connectivity index (χ4v) is 4.09. The first-order chi connectivity index (χ1) is 18.1. The molecule has 0 fully saturated rings. The average Bonchev–Trinajstić information content (AvgIpc) is 3.47. The molecule has 0 unspecified atom stereocenters. The van der Waals surface area contributed by atoms with Crippen molar-refractivity contribution < 1.29 is 13.2 Å². The first-order valence-electron chi connectivity index (χ1n) is 10.9. The van der Waals surface area contributed by atoms with E-state index in [0.29, 0.717) is 11.1 Å². The molecule has 0 saturated heterocycles. The van der Waals surface area contributed by atoms with Crippen molar-refractivity contribution >= 4 is 52.0 Å². The Bertz CT molecular complexity index is 1790. The van der Waals surface area contributed by atoms with Crippen molar-refractivity contribution in [2.75, 3.05) is 17.7 Å². The molecule has 0 aliphatic heterocycles. The van der Waals surface area contributed by atoms with Gasteiger partial charge in [0, 0.05) is 20.2 Å². The highest BCUT2D eigenvalue weighted by atomic mass is 35.5. The zero-order valence-corrected chi connectivity index (χ0v) is 21.2. The van der Waals surface area contributed by atoms with Gasteiger partial charge in [0.1, 0.15) is 11.8 Å². The lowest BCUT2D eigenvalue weighted by Crippen LogP contribution is -2.43. The topological polar surface area (TPSA) is 138 Å². The smallest absolute Gasteiger partial charge is 0.355 e. The van der Waals surface area contributed by atoms with Gasteiger partial charge in [-0.2, -0.15) is 15.1 Å². The van der Waals surface area contributed by atoms with Crippen LogP contribution in [0.1, 0.15) is 11.4 Å². The van der Waals surface area contributed by atoms with Crippen molar-refractivity contribution in [3.8, 4) is 0 Å². The number of halogens is 4. The van der Waals surface area contributed by atoms with E-state index >= 15 is 0 Å². The molecule has 5 rings (SSSR count). The second-order valence-corrected chi connectivity index (χ2v) is 8.89. The molecule has 0 radical (unpaired) electrons. The molecule has 3 heterocycles. The molecule has 16 heteroatoms. The van der Waals surface area contributed by atoms with Crippen molar-refractivity contribution in [1.29, 1.82) is 0 Å². The van der Waals surface area contributed by atoms with E-state index in [1.165, 1.54) is 29.2 Å². The minimum absolute atomic E-state index is 0.137. The number of benzene rings is 2. The Morgan fingerprint density at radius 2 is 1.82 bits per heavy atom. The van der Waals surface area contributed by atoms with Gasteiger partial charge in [0.05, 0.1) is 28.8 Å². The zero-order chi connectivity index (χ0) is 27.1. The van der Waals surface area contributed by atoms with Crippen LogP contribution in [0.25, 0.3) is 11.1 Å². The van der Waals surface area contributed by atoms with Gasteiger partial charge in [-0.3, -0.25) is 9.25 Å². The number of aromatic nitrogens is 7. The van der Waals surface area contributed by atoms with Crippen LogP contribution < -0.4 is 22.0 Å². The minimum atomic E-state index is -1.22. The maximum absolute atomic E-state index is 14.1. The summed E-state index contributed by atoms with van der Waals surface area (Å²) in [6, 6.07) is 5.34. The van der Waals surface area contributed by atoms with Crippen LogP contribution >= 0.6 is 23.2 Å². The SMILES string of the molecule is CNc1nc2cc(Cl)c(Nc3nc(=O)n(Cc4ncn(C)n4)c(=O)n3Cc3cc(F)c(F)c(Cl)c3)cc2o1. The van der Waals surface area contributed by atoms with Crippen LogP contribution in [0.5, 0.6) is 0 Å². The Morgan fingerprint density at radius 3 is 2.50 bits per heavy atom. The maximum atomic E-state index is 14.1. The van der Waals surface area contributed by atoms with Crippen LogP contribution in [0.2, 0.25) is 10.0 Å². The van der Waals surface area contributed by atoms with Gasteiger partial charge in [-0.1, -0.05) is 23.2 Å². The summed E-state index contributed by atoms with van der Waals surface area (Å²) < 4.78 is 36.7. The molecule has 0 bridgehead atoms. The van der Waals surface area contributed by atoms with E-state index in [1.54, 1.807) is 14.1 Å². The molecule has 5 aromatic rings. The van der Waals surface area contributed by atoms with Crippen molar-refractivity contribution in [2.24, 2.45) is 7.05 Å². The molecule has 0 amide bonds. The van der Waals surface area contributed by atoms with Crippen LogP contribution in [0.15, 0.2) is 44.6 Å². The third-order valence-electron chi connectivity index (χ3n) is 5.42. The first-order valence-corrected chi connectivity index (χ1v) is 11.6. The van der Waals surface area contributed by atoms with Gasteiger partial charge in [0.15, 0.2) is 23.0 Å². The normalized spacial score (nSPS) is 11.3. The number of nitrogens with one attached hydrogen (secondary N) is 2. The second kappa shape index (κ2) is 9.87. The average molecular weight is 564 g/mol. The van der Waals surface area contributed by atoms with Crippen molar-refractivity contribution in [3.05, 3.63) is 84.6 Å².